The first kappa shape index (κ1) is 30.1. The Morgan fingerprint density at radius 1 is 1.05 bits per heavy atom. The summed E-state index contributed by atoms with van der Waals surface area (Å²) in [6, 6.07) is 7.09. The summed E-state index contributed by atoms with van der Waals surface area (Å²) in [6.07, 6.45) is 7.94. The lowest BCUT2D eigenvalue weighted by atomic mass is 9.63. The first-order valence-corrected chi connectivity index (χ1v) is 14.8. The molecule has 8 heteroatoms. The fourth-order valence-electron chi connectivity index (χ4n) is 7.61. The van der Waals surface area contributed by atoms with Gasteiger partial charge in [0.25, 0.3) is 0 Å². The minimum atomic E-state index is -0.293. The first-order chi connectivity index (χ1) is 18.1. The molecular weight excluding hydrogens is 517 g/mol. The van der Waals surface area contributed by atoms with Crippen molar-refractivity contribution in [2.75, 3.05) is 39.3 Å². The minimum Gasteiger partial charge on any atom is -0.447 e. The van der Waals surface area contributed by atoms with E-state index in [1.54, 1.807) is 0 Å². The Morgan fingerprint density at radius 3 is 2.26 bits per heavy atom. The van der Waals surface area contributed by atoms with Crippen LogP contribution in [0.4, 0.5) is 9.18 Å². The lowest BCUT2D eigenvalue weighted by Crippen LogP contribution is -2.55. The Morgan fingerprint density at radius 2 is 1.69 bits per heavy atom. The lowest BCUT2D eigenvalue weighted by molar-refractivity contribution is -0.139. The molecule has 0 radical (unpaired) electrons. The summed E-state index contributed by atoms with van der Waals surface area (Å²) in [7, 11) is 0. The van der Waals surface area contributed by atoms with Crippen molar-refractivity contribution >= 4 is 24.4 Å². The third-order valence-corrected chi connectivity index (χ3v) is 10.2. The van der Waals surface area contributed by atoms with E-state index in [0.29, 0.717) is 18.6 Å². The maximum atomic E-state index is 14.0. The van der Waals surface area contributed by atoms with Crippen LogP contribution in [0.5, 0.6) is 0 Å². The Balaban J connectivity index is 0.00000353. The highest BCUT2D eigenvalue weighted by Crippen LogP contribution is 2.48. The highest BCUT2D eigenvalue weighted by Gasteiger charge is 2.50. The van der Waals surface area contributed by atoms with Gasteiger partial charge in [0.05, 0.1) is 11.5 Å². The summed E-state index contributed by atoms with van der Waals surface area (Å²) in [4.78, 5) is 33.2. The molecule has 218 valence electrons. The van der Waals surface area contributed by atoms with Crippen molar-refractivity contribution in [3.05, 3.63) is 35.6 Å². The number of carbonyl (C=O) groups excluding carboxylic acids is 2. The molecule has 4 aliphatic rings. The summed E-state index contributed by atoms with van der Waals surface area (Å²) in [5.74, 6) is 0.553. The van der Waals surface area contributed by atoms with Crippen LogP contribution in [0.25, 0.3) is 0 Å². The van der Waals surface area contributed by atoms with Gasteiger partial charge in [-0.3, -0.25) is 14.6 Å². The third kappa shape index (κ3) is 6.09. The summed E-state index contributed by atoms with van der Waals surface area (Å²) >= 11 is 0. The van der Waals surface area contributed by atoms with Crippen molar-refractivity contribution in [1.29, 1.82) is 0 Å². The standard InChI is InChI=1S/C31H46FN3O3.ClH/c1-22(2)34-18-26(23-10-12-25(32)13-11-23)27(19-34)28(36)33-16-14-31(15-17-33,24-8-6-5-7-9-24)20-35-29(37)38-21-30(35,3)4;/h10-13,22,24,26-27H,5-9,14-21H2,1-4H3;1H/t26-,27+;/m0./s1. The number of ether oxygens (including phenoxy) is 1. The number of benzene rings is 1. The van der Waals surface area contributed by atoms with Gasteiger partial charge < -0.3 is 9.64 Å². The van der Waals surface area contributed by atoms with Gasteiger partial charge >= 0.3 is 6.09 Å². The molecule has 2 amide bonds. The maximum Gasteiger partial charge on any atom is 0.410 e. The molecular formula is C31H47ClFN3O3. The summed E-state index contributed by atoms with van der Waals surface area (Å²) in [6.45, 7) is 12.8. The van der Waals surface area contributed by atoms with E-state index in [1.807, 2.05) is 17.0 Å². The van der Waals surface area contributed by atoms with Crippen molar-refractivity contribution in [1.82, 2.24) is 14.7 Å². The molecule has 3 heterocycles. The molecule has 0 spiro atoms. The Kier molecular flexibility index (Phi) is 9.22. The van der Waals surface area contributed by atoms with E-state index in [0.717, 1.165) is 51.1 Å². The molecule has 3 aliphatic heterocycles. The predicted molar refractivity (Wildman–Crippen MR) is 154 cm³/mol. The van der Waals surface area contributed by atoms with E-state index in [4.69, 9.17) is 4.74 Å². The second-order valence-electron chi connectivity index (χ2n) is 13.3. The second-order valence-corrected chi connectivity index (χ2v) is 13.3. The normalized spacial score (nSPS) is 27.5. The zero-order valence-corrected chi connectivity index (χ0v) is 25.0. The monoisotopic (exact) mass is 563 g/mol. The van der Waals surface area contributed by atoms with Gasteiger partial charge in [-0.2, -0.15) is 0 Å². The summed E-state index contributed by atoms with van der Waals surface area (Å²) in [5.41, 5.74) is 0.794. The highest BCUT2D eigenvalue weighted by molar-refractivity contribution is 5.85. The topological polar surface area (TPSA) is 53.1 Å². The molecule has 4 fully saturated rings. The van der Waals surface area contributed by atoms with Crippen LogP contribution >= 0.6 is 12.4 Å². The molecule has 0 bridgehead atoms. The van der Waals surface area contributed by atoms with Crippen LogP contribution in [0.2, 0.25) is 0 Å². The number of likely N-dealkylation sites (tertiary alicyclic amines) is 2. The number of rotatable bonds is 6. The fraction of sp³-hybridized carbons (Fsp3) is 0.742. The lowest BCUT2D eigenvalue weighted by Gasteiger charge is -2.51. The Labute approximate surface area is 240 Å². The van der Waals surface area contributed by atoms with Crippen LogP contribution in [0.15, 0.2) is 24.3 Å². The van der Waals surface area contributed by atoms with E-state index < -0.39 is 0 Å². The predicted octanol–water partition coefficient (Wildman–Crippen LogP) is 6.09. The Hall–Kier alpha value is -1.86. The molecule has 3 saturated heterocycles. The van der Waals surface area contributed by atoms with Gasteiger partial charge in [0.1, 0.15) is 12.4 Å². The summed E-state index contributed by atoms with van der Waals surface area (Å²) in [5, 5.41) is 0. The van der Waals surface area contributed by atoms with Crippen LogP contribution in [0.1, 0.15) is 84.1 Å². The van der Waals surface area contributed by atoms with E-state index in [2.05, 4.69) is 37.5 Å². The quantitative estimate of drug-likeness (QED) is 0.420. The van der Waals surface area contributed by atoms with Crippen LogP contribution in [-0.2, 0) is 9.53 Å². The molecule has 1 saturated carbocycles. The number of hydrogen-bond acceptors (Lipinski definition) is 4. The van der Waals surface area contributed by atoms with Gasteiger partial charge in [-0.25, -0.2) is 9.18 Å². The zero-order chi connectivity index (χ0) is 27.1. The molecule has 5 rings (SSSR count). The van der Waals surface area contributed by atoms with Crippen LogP contribution in [0.3, 0.4) is 0 Å². The number of piperidine rings is 1. The first-order valence-electron chi connectivity index (χ1n) is 14.8. The molecule has 1 aromatic carbocycles. The fourth-order valence-corrected chi connectivity index (χ4v) is 7.61. The summed E-state index contributed by atoms with van der Waals surface area (Å²) < 4.78 is 19.1. The third-order valence-electron chi connectivity index (χ3n) is 10.2. The van der Waals surface area contributed by atoms with Crippen molar-refractivity contribution in [3.8, 4) is 0 Å². The SMILES string of the molecule is CC(C)N1C[C@@H](C(=O)N2CCC(CN3C(=O)OCC3(C)C)(C3CCCCC3)CC2)[C@H](c2ccc(F)cc2)C1.Cl. The van der Waals surface area contributed by atoms with Gasteiger partial charge in [-0.1, -0.05) is 31.4 Å². The van der Waals surface area contributed by atoms with Crippen LogP contribution in [0, 0.1) is 23.1 Å². The average Bonchev–Trinajstić information content (AvgIpc) is 3.47. The molecule has 0 aromatic heterocycles. The van der Waals surface area contributed by atoms with Gasteiger partial charge in [-0.05, 0) is 82.4 Å². The average molecular weight is 564 g/mol. The van der Waals surface area contributed by atoms with Crippen molar-refractivity contribution < 1.29 is 18.7 Å². The van der Waals surface area contributed by atoms with Crippen molar-refractivity contribution in [2.45, 2.75) is 90.1 Å². The van der Waals surface area contributed by atoms with E-state index >= 15 is 0 Å². The van der Waals surface area contributed by atoms with E-state index in [1.165, 1.54) is 44.2 Å². The molecule has 1 aliphatic carbocycles. The smallest absolute Gasteiger partial charge is 0.410 e. The molecule has 39 heavy (non-hydrogen) atoms. The van der Waals surface area contributed by atoms with Gasteiger partial charge in [0, 0.05) is 44.7 Å². The maximum absolute atomic E-state index is 14.0. The molecule has 6 nitrogen and oxygen atoms in total. The molecule has 1 aromatic rings. The zero-order valence-electron chi connectivity index (χ0n) is 24.2. The van der Waals surface area contributed by atoms with Gasteiger partial charge in [0.15, 0.2) is 0 Å². The number of hydrogen-bond donors (Lipinski definition) is 0. The largest absolute Gasteiger partial charge is 0.447 e. The molecule has 2 atom stereocenters. The number of carbonyl (C=O) groups is 2. The van der Waals surface area contributed by atoms with E-state index in [-0.39, 0.29) is 53.0 Å². The van der Waals surface area contributed by atoms with Crippen molar-refractivity contribution in [2.24, 2.45) is 17.3 Å². The van der Waals surface area contributed by atoms with Crippen molar-refractivity contribution in [3.63, 3.8) is 0 Å². The Bertz CT molecular complexity index is 1000. The van der Waals surface area contributed by atoms with Gasteiger partial charge in [0.2, 0.25) is 5.91 Å². The number of halogens is 2. The highest BCUT2D eigenvalue weighted by atomic mass is 35.5. The van der Waals surface area contributed by atoms with Gasteiger partial charge in [-0.15, -0.1) is 12.4 Å². The van der Waals surface area contributed by atoms with E-state index in [9.17, 15) is 14.0 Å². The number of amides is 2. The van der Waals surface area contributed by atoms with Crippen LogP contribution < -0.4 is 0 Å². The number of cyclic esters (lactones) is 1. The molecule has 0 N–H and O–H groups in total. The molecule has 0 unspecified atom stereocenters. The minimum absolute atomic E-state index is 0. The number of nitrogens with zero attached hydrogens (tertiary/aromatic N) is 3. The van der Waals surface area contributed by atoms with Crippen LogP contribution in [-0.4, -0.2) is 77.6 Å². The second kappa shape index (κ2) is 11.9.